The van der Waals surface area contributed by atoms with E-state index in [0.717, 1.165) is 50.9 Å². The Bertz CT molecular complexity index is 946. The van der Waals surface area contributed by atoms with Crippen molar-refractivity contribution in [3.8, 4) is 11.5 Å². The monoisotopic (exact) mass is 489 g/mol. The van der Waals surface area contributed by atoms with E-state index in [4.69, 9.17) is 9.47 Å². The molecule has 0 amide bonds. The molecular formula is C28H37ClFNO3. The van der Waals surface area contributed by atoms with Crippen LogP contribution in [0.4, 0.5) is 4.39 Å². The second kappa shape index (κ2) is 12.0. The van der Waals surface area contributed by atoms with Gasteiger partial charge in [0.1, 0.15) is 0 Å². The number of fused-ring (bicyclic) bond motifs is 1. The number of alkyl halides is 1. The molecule has 2 aromatic carbocycles. The molecule has 2 aliphatic rings. The van der Waals surface area contributed by atoms with E-state index < -0.39 is 5.67 Å². The maximum absolute atomic E-state index is 16.0. The third-order valence-electron chi connectivity index (χ3n) is 6.78. The first-order valence-electron chi connectivity index (χ1n) is 12.4. The molecule has 1 saturated heterocycles. The number of Topliss-reactive ketones (excluding diaryl/α,β-unsaturated/α-hetero) is 1. The van der Waals surface area contributed by atoms with Crippen LogP contribution in [-0.4, -0.2) is 42.7 Å². The second-order valence-electron chi connectivity index (χ2n) is 9.53. The number of hydrogen-bond acceptors (Lipinski definition) is 4. The lowest BCUT2D eigenvalue weighted by Crippen LogP contribution is -2.38. The van der Waals surface area contributed by atoms with E-state index in [1.807, 2.05) is 26.0 Å². The number of hydrogen-bond donors (Lipinski definition) is 0. The van der Waals surface area contributed by atoms with Gasteiger partial charge in [-0.25, -0.2) is 4.39 Å². The van der Waals surface area contributed by atoms with Crippen LogP contribution in [0.25, 0.3) is 0 Å². The van der Waals surface area contributed by atoms with E-state index in [0.29, 0.717) is 36.7 Å². The summed E-state index contributed by atoms with van der Waals surface area (Å²) in [6, 6.07) is 14.0. The minimum atomic E-state index is -1.82. The Morgan fingerprint density at radius 3 is 2.24 bits per heavy atom. The van der Waals surface area contributed by atoms with E-state index in [-0.39, 0.29) is 30.5 Å². The third kappa shape index (κ3) is 6.11. The van der Waals surface area contributed by atoms with Gasteiger partial charge in [-0.1, -0.05) is 44.2 Å². The molecule has 1 aliphatic heterocycles. The summed E-state index contributed by atoms with van der Waals surface area (Å²) in [5, 5.41) is 0. The van der Waals surface area contributed by atoms with Gasteiger partial charge in [-0.15, -0.1) is 12.4 Å². The predicted molar refractivity (Wildman–Crippen MR) is 136 cm³/mol. The number of likely N-dealkylation sites (tertiary alicyclic amines) is 1. The number of piperidine rings is 1. The maximum atomic E-state index is 16.0. The van der Waals surface area contributed by atoms with Gasteiger partial charge in [0.05, 0.1) is 13.2 Å². The molecule has 0 saturated carbocycles. The largest absolute Gasteiger partial charge is 0.490 e. The standard InChI is InChI=1S/C28H36FNO3.ClH/c1-3-14-32-25-16-23-19-28(29,27(31)24(23)17-26(25)33-15-4-2)18-21-10-12-30(13-11-21)20-22-8-6-5-7-9-22;/h5-9,16-17,21H,3-4,10-15,18-20H2,1-2H3;1H. The fraction of sp³-hybridized carbons (Fsp3) is 0.536. The molecule has 1 aliphatic carbocycles. The van der Waals surface area contributed by atoms with Crippen molar-refractivity contribution in [3.63, 3.8) is 0 Å². The van der Waals surface area contributed by atoms with E-state index in [1.165, 1.54) is 5.56 Å². The van der Waals surface area contributed by atoms with Crippen LogP contribution in [0.3, 0.4) is 0 Å². The van der Waals surface area contributed by atoms with Gasteiger partial charge in [0.15, 0.2) is 17.2 Å². The summed E-state index contributed by atoms with van der Waals surface area (Å²) in [6.07, 6.45) is 4.03. The Labute approximate surface area is 209 Å². The number of benzene rings is 2. The topological polar surface area (TPSA) is 38.8 Å². The molecule has 6 heteroatoms. The predicted octanol–water partition coefficient (Wildman–Crippen LogP) is 6.44. The zero-order chi connectivity index (χ0) is 23.3. The normalized spacial score (nSPS) is 20.6. The van der Waals surface area contributed by atoms with Gasteiger partial charge >= 0.3 is 0 Å². The quantitative estimate of drug-likeness (QED) is 0.385. The molecule has 4 nitrogen and oxygen atoms in total. The first kappa shape index (κ1) is 26.5. The van der Waals surface area contributed by atoms with Crippen LogP contribution in [0.1, 0.15) is 67.4 Å². The van der Waals surface area contributed by atoms with Crippen LogP contribution in [0.2, 0.25) is 0 Å². The van der Waals surface area contributed by atoms with Crippen molar-refractivity contribution in [3.05, 3.63) is 59.2 Å². The molecule has 2 aromatic rings. The highest BCUT2D eigenvalue weighted by Crippen LogP contribution is 2.44. The minimum Gasteiger partial charge on any atom is -0.490 e. The van der Waals surface area contributed by atoms with Gasteiger partial charge in [-0.3, -0.25) is 9.69 Å². The fourth-order valence-electron chi connectivity index (χ4n) is 5.05. The first-order chi connectivity index (χ1) is 16.0. The Hall–Kier alpha value is -2.11. The van der Waals surface area contributed by atoms with Gasteiger partial charge in [-0.05, 0) is 74.4 Å². The van der Waals surface area contributed by atoms with Crippen molar-refractivity contribution in [1.82, 2.24) is 4.90 Å². The average Bonchev–Trinajstić information content (AvgIpc) is 3.06. The van der Waals surface area contributed by atoms with Crippen molar-refractivity contribution < 1.29 is 18.7 Å². The molecular weight excluding hydrogens is 453 g/mol. The summed E-state index contributed by atoms with van der Waals surface area (Å²) in [5.41, 5.74) is 0.703. The van der Waals surface area contributed by atoms with E-state index in [9.17, 15) is 4.79 Å². The number of rotatable bonds is 10. The molecule has 4 rings (SSSR count). The van der Waals surface area contributed by atoms with Crippen molar-refractivity contribution >= 4 is 18.2 Å². The molecule has 1 unspecified atom stereocenters. The lowest BCUT2D eigenvalue weighted by atomic mass is 9.83. The van der Waals surface area contributed by atoms with Crippen molar-refractivity contribution in [2.45, 2.75) is 64.6 Å². The molecule has 0 N–H and O–H groups in total. The first-order valence-corrected chi connectivity index (χ1v) is 12.4. The average molecular weight is 490 g/mol. The highest BCUT2D eigenvalue weighted by Gasteiger charge is 2.48. The van der Waals surface area contributed by atoms with Crippen molar-refractivity contribution in [2.75, 3.05) is 26.3 Å². The van der Waals surface area contributed by atoms with Gasteiger partial charge in [-0.2, -0.15) is 0 Å². The molecule has 0 bridgehead atoms. The molecule has 34 heavy (non-hydrogen) atoms. The van der Waals surface area contributed by atoms with Gasteiger partial charge < -0.3 is 9.47 Å². The second-order valence-corrected chi connectivity index (χ2v) is 9.53. The number of ketones is 1. The molecule has 1 heterocycles. The summed E-state index contributed by atoms with van der Waals surface area (Å²) in [7, 11) is 0. The Morgan fingerprint density at radius 1 is 1.00 bits per heavy atom. The summed E-state index contributed by atoms with van der Waals surface area (Å²) >= 11 is 0. The molecule has 0 spiro atoms. The molecule has 1 fully saturated rings. The highest BCUT2D eigenvalue weighted by atomic mass is 35.5. The number of nitrogens with zero attached hydrogens (tertiary/aromatic N) is 1. The zero-order valence-electron chi connectivity index (χ0n) is 20.4. The summed E-state index contributed by atoms with van der Waals surface area (Å²) in [4.78, 5) is 15.6. The fourth-order valence-corrected chi connectivity index (χ4v) is 5.05. The Morgan fingerprint density at radius 2 is 1.62 bits per heavy atom. The van der Waals surface area contributed by atoms with E-state index in [2.05, 4.69) is 29.2 Å². The Balaban J connectivity index is 0.00000324. The maximum Gasteiger partial charge on any atom is 0.200 e. The number of ether oxygens (including phenoxy) is 2. The van der Waals surface area contributed by atoms with Gasteiger partial charge in [0.25, 0.3) is 0 Å². The van der Waals surface area contributed by atoms with Crippen molar-refractivity contribution in [1.29, 1.82) is 0 Å². The molecule has 0 radical (unpaired) electrons. The van der Waals surface area contributed by atoms with Crippen LogP contribution in [0.15, 0.2) is 42.5 Å². The van der Waals surface area contributed by atoms with Crippen LogP contribution in [0, 0.1) is 5.92 Å². The Kier molecular flexibility index (Phi) is 9.38. The van der Waals surface area contributed by atoms with Crippen LogP contribution in [0.5, 0.6) is 11.5 Å². The van der Waals surface area contributed by atoms with Gasteiger partial charge in [0.2, 0.25) is 5.78 Å². The summed E-state index contributed by atoms with van der Waals surface area (Å²) in [5.74, 6) is 1.02. The smallest absolute Gasteiger partial charge is 0.200 e. The number of carbonyl (C=O) groups is 1. The summed E-state index contributed by atoms with van der Waals surface area (Å²) in [6.45, 7) is 8.00. The summed E-state index contributed by atoms with van der Waals surface area (Å²) < 4.78 is 27.7. The van der Waals surface area contributed by atoms with Crippen LogP contribution < -0.4 is 9.47 Å². The van der Waals surface area contributed by atoms with Gasteiger partial charge in [0, 0.05) is 18.5 Å². The van der Waals surface area contributed by atoms with E-state index in [1.54, 1.807) is 6.07 Å². The number of halogens is 2. The highest BCUT2D eigenvalue weighted by molar-refractivity contribution is 6.07. The van der Waals surface area contributed by atoms with Crippen LogP contribution >= 0.6 is 12.4 Å². The van der Waals surface area contributed by atoms with Crippen molar-refractivity contribution in [2.24, 2.45) is 5.92 Å². The zero-order valence-corrected chi connectivity index (χ0v) is 21.2. The molecule has 186 valence electrons. The van der Waals surface area contributed by atoms with E-state index >= 15 is 4.39 Å². The number of carbonyl (C=O) groups excluding carboxylic acids is 1. The molecule has 1 atom stereocenters. The minimum absolute atomic E-state index is 0. The van der Waals surface area contributed by atoms with Crippen LogP contribution in [-0.2, 0) is 13.0 Å². The lowest BCUT2D eigenvalue weighted by Gasteiger charge is -2.34. The SMILES string of the molecule is CCCOc1cc2c(cc1OCCC)C(=O)C(F)(CC1CCN(Cc3ccccc3)CC1)C2.Cl. The lowest BCUT2D eigenvalue weighted by molar-refractivity contribution is 0.0587. The molecule has 0 aromatic heterocycles. The third-order valence-corrected chi connectivity index (χ3v) is 6.78.